The van der Waals surface area contributed by atoms with Gasteiger partial charge in [0.1, 0.15) is 5.60 Å². The lowest BCUT2D eigenvalue weighted by Gasteiger charge is -2.28. The molecule has 1 unspecified atom stereocenters. The number of esters is 2. The Labute approximate surface area is 142 Å². The van der Waals surface area contributed by atoms with Crippen LogP contribution in [0.5, 0.6) is 0 Å². The Morgan fingerprint density at radius 2 is 1.43 bits per heavy atom. The van der Waals surface area contributed by atoms with Crippen LogP contribution in [0.3, 0.4) is 0 Å². The normalized spacial score (nSPS) is 14.6. The first-order valence-electron chi connectivity index (χ1n) is 7.48. The zero-order chi connectivity index (χ0) is 18.5. The molecule has 0 saturated carbocycles. The number of carbonyl (C=O) groups is 3. The summed E-state index contributed by atoms with van der Waals surface area (Å²) in [6.07, 6.45) is -1.13. The number of ether oxygens (including phenoxy) is 3. The van der Waals surface area contributed by atoms with Crippen LogP contribution in [0.4, 0.5) is 4.79 Å². The van der Waals surface area contributed by atoms with Gasteiger partial charge in [0.15, 0.2) is 5.41 Å². The molecule has 0 rings (SSSR count). The van der Waals surface area contributed by atoms with Crippen LogP contribution in [0.15, 0.2) is 0 Å². The maximum atomic E-state index is 12.4. The van der Waals surface area contributed by atoms with Gasteiger partial charge in [0, 0.05) is 10.5 Å². The molecule has 0 amide bonds. The Kier molecular flexibility index (Phi) is 7.60. The lowest BCUT2D eigenvalue weighted by Crippen LogP contribution is -2.43. The first-order chi connectivity index (χ1) is 10.2. The molecule has 23 heavy (non-hydrogen) atoms. The summed E-state index contributed by atoms with van der Waals surface area (Å²) < 4.78 is 14.5. The van der Waals surface area contributed by atoms with Gasteiger partial charge in [-0.2, -0.15) is 11.8 Å². The van der Waals surface area contributed by atoms with Crippen molar-refractivity contribution >= 4 is 29.9 Å². The van der Waals surface area contributed by atoms with E-state index in [1.165, 1.54) is 18.7 Å². The highest BCUT2D eigenvalue weighted by Gasteiger charge is 2.46. The van der Waals surface area contributed by atoms with Crippen molar-refractivity contribution in [1.29, 1.82) is 0 Å². The smallest absolute Gasteiger partial charge is 0.465 e. The van der Waals surface area contributed by atoms with Crippen molar-refractivity contribution in [2.24, 2.45) is 5.41 Å². The van der Waals surface area contributed by atoms with Crippen LogP contribution in [-0.2, 0) is 23.8 Å². The molecule has 0 N–H and O–H groups in total. The quantitative estimate of drug-likeness (QED) is 0.555. The first kappa shape index (κ1) is 21.8. The summed E-state index contributed by atoms with van der Waals surface area (Å²) in [5.74, 6) is -1.55. The number of hydrogen-bond donors (Lipinski definition) is 0. The topological polar surface area (TPSA) is 78.9 Å². The Hall–Kier alpha value is -1.24. The molecular weight excluding hydrogens is 320 g/mol. The lowest BCUT2D eigenvalue weighted by molar-refractivity contribution is -0.167. The van der Waals surface area contributed by atoms with Gasteiger partial charge in [-0.3, -0.25) is 9.59 Å². The summed E-state index contributed by atoms with van der Waals surface area (Å²) in [4.78, 5) is 36.2. The Bertz CT molecular complexity index is 446. The second-order valence-electron chi connectivity index (χ2n) is 7.31. The highest BCUT2D eigenvalue weighted by Crippen LogP contribution is 2.33. The van der Waals surface area contributed by atoms with Crippen LogP contribution in [0.25, 0.3) is 0 Å². The average Bonchev–Trinajstić information content (AvgIpc) is 2.32. The standard InChI is InChI=1S/C16H28O6S/c1-9-20-11(17)16(8,10-23-15(5,6)7)12(18)21-13(19)22-14(2,3)4/h9-10H2,1-8H3. The molecule has 0 heterocycles. The van der Waals surface area contributed by atoms with E-state index in [0.717, 1.165) is 0 Å². The van der Waals surface area contributed by atoms with E-state index in [2.05, 4.69) is 0 Å². The van der Waals surface area contributed by atoms with Crippen molar-refractivity contribution in [3.05, 3.63) is 0 Å². The molecule has 6 nitrogen and oxygen atoms in total. The van der Waals surface area contributed by atoms with Gasteiger partial charge in [-0.05, 0) is 34.6 Å². The van der Waals surface area contributed by atoms with Gasteiger partial charge in [-0.25, -0.2) is 4.79 Å². The number of carbonyl (C=O) groups excluding carboxylic acids is 3. The minimum atomic E-state index is -1.58. The minimum absolute atomic E-state index is 0.133. The van der Waals surface area contributed by atoms with Crippen LogP contribution >= 0.6 is 11.8 Å². The van der Waals surface area contributed by atoms with E-state index in [1.807, 2.05) is 20.8 Å². The SMILES string of the molecule is CCOC(=O)C(C)(CSC(C)(C)C)C(=O)OC(=O)OC(C)(C)C. The molecule has 7 heteroatoms. The van der Waals surface area contributed by atoms with Gasteiger partial charge < -0.3 is 14.2 Å². The van der Waals surface area contributed by atoms with Gasteiger partial charge in [0.05, 0.1) is 6.61 Å². The first-order valence-corrected chi connectivity index (χ1v) is 8.46. The molecule has 134 valence electrons. The second-order valence-corrected chi connectivity index (χ2v) is 9.11. The van der Waals surface area contributed by atoms with Crippen molar-refractivity contribution in [3.8, 4) is 0 Å². The fourth-order valence-electron chi connectivity index (χ4n) is 1.31. The number of rotatable bonds is 5. The Morgan fingerprint density at radius 3 is 1.83 bits per heavy atom. The molecule has 0 spiro atoms. The van der Waals surface area contributed by atoms with Crippen molar-refractivity contribution in [2.75, 3.05) is 12.4 Å². The molecule has 0 aromatic carbocycles. The summed E-state index contributed by atoms with van der Waals surface area (Å²) in [7, 11) is 0. The molecule has 0 aromatic rings. The van der Waals surface area contributed by atoms with Gasteiger partial charge in [0.2, 0.25) is 0 Å². The van der Waals surface area contributed by atoms with Crippen LogP contribution in [0.2, 0.25) is 0 Å². The molecule has 0 fully saturated rings. The molecule has 0 bridgehead atoms. The van der Waals surface area contributed by atoms with E-state index in [9.17, 15) is 14.4 Å². The molecule has 1 atom stereocenters. The van der Waals surface area contributed by atoms with Gasteiger partial charge >= 0.3 is 18.1 Å². The summed E-state index contributed by atoms with van der Waals surface area (Å²) >= 11 is 1.41. The van der Waals surface area contributed by atoms with Crippen LogP contribution in [0.1, 0.15) is 55.4 Å². The van der Waals surface area contributed by atoms with Crippen LogP contribution in [-0.4, -0.2) is 40.8 Å². The molecule has 0 aliphatic carbocycles. The summed E-state index contributed by atoms with van der Waals surface area (Å²) in [5.41, 5.74) is -2.37. The third kappa shape index (κ3) is 8.25. The predicted octanol–water partition coefficient (Wildman–Crippen LogP) is 3.57. The van der Waals surface area contributed by atoms with Crippen LogP contribution in [0, 0.1) is 5.41 Å². The van der Waals surface area contributed by atoms with Crippen molar-refractivity contribution in [1.82, 2.24) is 0 Å². The van der Waals surface area contributed by atoms with Crippen molar-refractivity contribution in [3.63, 3.8) is 0 Å². The second kappa shape index (κ2) is 8.04. The monoisotopic (exact) mass is 348 g/mol. The maximum Gasteiger partial charge on any atom is 0.516 e. The lowest BCUT2D eigenvalue weighted by atomic mass is 9.93. The number of hydrogen-bond acceptors (Lipinski definition) is 7. The third-order valence-electron chi connectivity index (χ3n) is 2.54. The van der Waals surface area contributed by atoms with Crippen LogP contribution < -0.4 is 0 Å². The van der Waals surface area contributed by atoms with E-state index in [0.29, 0.717) is 0 Å². The molecule has 0 aliphatic heterocycles. The molecular formula is C16H28O6S. The van der Waals surface area contributed by atoms with E-state index < -0.39 is 29.1 Å². The highest BCUT2D eigenvalue weighted by atomic mass is 32.2. The van der Waals surface area contributed by atoms with E-state index >= 15 is 0 Å². The number of thioether (sulfide) groups is 1. The molecule has 0 aromatic heterocycles. The van der Waals surface area contributed by atoms with Crippen molar-refractivity contribution in [2.45, 2.75) is 65.7 Å². The van der Waals surface area contributed by atoms with Crippen molar-refractivity contribution < 1.29 is 28.6 Å². The summed E-state index contributed by atoms with van der Waals surface area (Å²) in [5, 5.41) is 0. The largest absolute Gasteiger partial charge is 0.516 e. The van der Waals surface area contributed by atoms with E-state index in [-0.39, 0.29) is 17.1 Å². The summed E-state index contributed by atoms with van der Waals surface area (Å²) in [6.45, 7) is 14.0. The Balaban J connectivity index is 5.15. The van der Waals surface area contributed by atoms with E-state index in [4.69, 9.17) is 14.2 Å². The fourth-order valence-corrected chi connectivity index (χ4v) is 2.27. The Morgan fingerprint density at radius 1 is 0.913 bits per heavy atom. The third-order valence-corrected chi connectivity index (χ3v) is 4.12. The summed E-state index contributed by atoms with van der Waals surface area (Å²) in [6, 6.07) is 0. The van der Waals surface area contributed by atoms with Gasteiger partial charge in [0.25, 0.3) is 0 Å². The average molecular weight is 348 g/mol. The maximum absolute atomic E-state index is 12.4. The zero-order valence-corrected chi connectivity index (χ0v) is 16.1. The minimum Gasteiger partial charge on any atom is -0.465 e. The zero-order valence-electron chi connectivity index (χ0n) is 15.3. The highest BCUT2D eigenvalue weighted by molar-refractivity contribution is 8.00. The predicted molar refractivity (Wildman–Crippen MR) is 89.3 cm³/mol. The van der Waals surface area contributed by atoms with E-state index in [1.54, 1.807) is 27.7 Å². The van der Waals surface area contributed by atoms with Gasteiger partial charge in [-0.1, -0.05) is 20.8 Å². The molecule has 0 radical (unpaired) electrons. The fraction of sp³-hybridized carbons (Fsp3) is 0.812. The molecule has 0 aliphatic rings. The van der Waals surface area contributed by atoms with Gasteiger partial charge in [-0.15, -0.1) is 0 Å². The molecule has 0 saturated heterocycles.